The minimum absolute atomic E-state index is 0.0227. The van der Waals surface area contributed by atoms with Gasteiger partial charge >= 0.3 is 0 Å². The van der Waals surface area contributed by atoms with E-state index >= 15 is 0 Å². The van der Waals surface area contributed by atoms with E-state index in [1.54, 1.807) is 35.2 Å². The normalized spacial score (nSPS) is 21.1. The van der Waals surface area contributed by atoms with Crippen molar-refractivity contribution in [2.75, 3.05) is 39.1 Å². The highest BCUT2D eigenvalue weighted by atomic mass is 32.2. The highest BCUT2D eigenvalue weighted by Crippen LogP contribution is 2.31. The fraction of sp³-hybridized carbons (Fsp3) is 0.464. The number of hydrogen-bond donors (Lipinski definition) is 3. The molecule has 1 aliphatic carbocycles. The summed E-state index contributed by atoms with van der Waals surface area (Å²) in [6.45, 7) is 0.973. The lowest BCUT2D eigenvalue weighted by Crippen LogP contribution is -2.45. The van der Waals surface area contributed by atoms with Crippen molar-refractivity contribution in [3.05, 3.63) is 53.6 Å². The first-order valence-corrected chi connectivity index (χ1v) is 15.5. The highest BCUT2D eigenvalue weighted by molar-refractivity contribution is 7.88. The summed E-state index contributed by atoms with van der Waals surface area (Å²) in [5.74, 6) is 0.843. The van der Waals surface area contributed by atoms with E-state index in [2.05, 4.69) is 15.4 Å². The largest absolute Gasteiger partial charge is 0.493 e. The summed E-state index contributed by atoms with van der Waals surface area (Å²) in [7, 11) is -3.42. The molecule has 3 N–H and O–H groups in total. The van der Waals surface area contributed by atoms with Crippen LogP contribution in [-0.4, -0.2) is 82.3 Å². The van der Waals surface area contributed by atoms with Gasteiger partial charge in [-0.2, -0.15) is 0 Å². The van der Waals surface area contributed by atoms with Gasteiger partial charge < -0.3 is 29.7 Å². The molecule has 2 fully saturated rings. The second-order valence-corrected chi connectivity index (χ2v) is 12.4. The van der Waals surface area contributed by atoms with Crippen LogP contribution in [0.1, 0.15) is 35.2 Å². The molecule has 3 amide bonds. The Labute approximate surface area is 238 Å². The van der Waals surface area contributed by atoms with E-state index in [4.69, 9.17) is 14.2 Å². The Morgan fingerprint density at radius 1 is 1.10 bits per heavy atom. The smallest absolute Gasteiger partial charge is 0.258 e. The summed E-state index contributed by atoms with van der Waals surface area (Å²) >= 11 is 0. The van der Waals surface area contributed by atoms with Crippen LogP contribution in [0.2, 0.25) is 0 Å². The molecule has 1 saturated heterocycles. The third-order valence-corrected chi connectivity index (χ3v) is 7.76. The topological polar surface area (TPSA) is 152 Å². The van der Waals surface area contributed by atoms with Crippen molar-refractivity contribution in [1.82, 2.24) is 20.3 Å². The lowest BCUT2D eigenvalue weighted by Gasteiger charge is -2.21. The van der Waals surface area contributed by atoms with Crippen LogP contribution in [-0.2, 0) is 26.2 Å². The molecule has 4 aliphatic rings. The van der Waals surface area contributed by atoms with Crippen LogP contribution in [0.4, 0.5) is 0 Å². The number of nitrogens with zero attached hydrogens (tertiary/aromatic N) is 1. The molecule has 0 radical (unpaired) electrons. The Morgan fingerprint density at radius 3 is 2.61 bits per heavy atom. The molecule has 3 heterocycles. The number of carbonyl (C=O) groups is 3. The van der Waals surface area contributed by atoms with Crippen LogP contribution >= 0.6 is 0 Å². The summed E-state index contributed by atoms with van der Waals surface area (Å²) in [6, 6.07) is 11.5. The van der Waals surface area contributed by atoms with Gasteiger partial charge in [0, 0.05) is 37.7 Å². The van der Waals surface area contributed by atoms with Crippen molar-refractivity contribution in [2.24, 2.45) is 5.92 Å². The van der Waals surface area contributed by atoms with Gasteiger partial charge in [0.05, 0.1) is 25.4 Å². The predicted octanol–water partition coefficient (Wildman–Crippen LogP) is 0.812. The predicted molar refractivity (Wildman–Crippen MR) is 148 cm³/mol. The van der Waals surface area contributed by atoms with Crippen molar-refractivity contribution in [2.45, 2.75) is 38.0 Å². The number of rotatable bonds is 7. The maximum Gasteiger partial charge on any atom is 0.258 e. The molecule has 3 aliphatic heterocycles. The lowest BCUT2D eigenvalue weighted by atomic mass is 10.1. The van der Waals surface area contributed by atoms with E-state index in [0.29, 0.717) is 36.3 Å². The summed E-state index contributed by atoms with van der Waals surface area (Å²) in [6.07, 6.45) is 2.66. The van der Waals surface area contributed by atoms with Gasteiger partial charge in [0.25, 0.3) is 11.8 Å². The molecule has 1 saturated carbocycles. The average molecular weight is 587 g/mol. The molecule has 2 atom stereocenters. The van der Waals surface area contributed by atoms with Gasteiger partial charge in [-0.1, -0.05) is 12.1 Å². The zero-order valence-corrected chi connectivity index (χ0v) is 23.6. The van der Waals surface area contributed by atoms with Crippen LogP contribution < -0.4 is 29.6 Å². The van der Waals surface area contributed by atoms with Gasteiger partial charge in [-0.05, 0) is 48.6 Å². The van der Waals surface area contributed by atoms with Crippen LogP contribution in [0.3, 0.4) is 0 Å². The number of fused-ring (bicyclic) bond motifs is 7. The molecule has 13 heteroatoms. The van der Waals surface area contributed by atoms with Crippen molar-refractivity contribution in [3.8, 4) is 17.2 Å². The van der Waals surface area contributed by atoms with Crippen LogP contribution in [0, 0.1) is 5.92 Å². The number of amides is 3. The molecular weight excluding hydrogens is 552 g/mol. The monoisotopic (exact) mass is 586 g/mol. The van der Waals surface area contributed by atoms with Gasteiger partial charge in [0.2, 0.25) is 15.9 Å². The summed E-state index contributed by atoms with van der Waals surface area (Å²) in [5, 5.41) is 5.80. The Bertz CT molecular complexity index is 1390. The summed E-state index contributed by atoms with van der Waals surface area (Å²) in [5.41, 5.74) is 1.14. The Balaban J connectivity index is 1.37. The minimum Gasteiger partial charge on any atom is -0.493 e. The third kappa shape index (κ3) is 8.33. The van der Waals surface area contributed by atoms with Crippen LogP contribution in [0.15, 0.2) is 42.5 Å². The molecule has 0 spiro atoms. The van der Waals surface area contributed by atoms with Gasteiger partial charge in [-0.25, -0.2) is 13.1 Å². The standard InChI is InChI=1S/C28H34N4O8S/c1-41(36,37)30-9-8-27(34)32-14-24-25(15-32)40-21-6-4-18(5-7-21)13-29-26(33)17-39-23-11-20(28(35)31-24)10-22(12-23)38-16-19-2-3-19/h4-7,10-12,19,24-25,30H,2-3,8-9,13-17H2,1H3,(H,29,33)(H,31,35)/t24-,25-/m0/s1. The van der Waals surface area contributed by atoms with Gasteiger partial charge in [-0.3, -0.25) is 14.4 Å². The molecule has 12 nitrogen and oxygen atoms in total. The molecule has 4 bridgehead atoms. The van der Waals surface area contributed by atoms with E-state index in [9.17, 15) is 22.8 Å². The van der Waals surface area contributed by atoms with E-state index < -0.39 is 28.1 Å². The molecule has 0 aromatic heterocycles. The third-order valence-electron chi connectivity index (χ3n) is 7.03. The molecule has 41 heavy (non-hydrogen) atoms. The molecular formula is C28H34N4O8S. The van der Waals surface area contributed by atoms with Gasteiger partial charge in [0.15, 0.2) is 6.61 Å². The number of likely N-dealkylation sites (tertiary alicyclic amines) is 1. The van der Waals surface area contributed by atoms with Crippen LogP contribution in [0.25, 0.3) is 0 Å². The number of benzene rings is 2. The summed E-state index contributed by atoms with van der Waals surface area (Å²) in [4.78, 5) is 40.3. The maximum absolute atomic E-state index is 13.5. The fourth-order valence-corrected chi connectivity index (χ4v) is 5.09. The molecule has 2 aromatic carbocycles. The average Bonchev–Trinajstić information content (AvgIpc) is 3.69. The Hall–Kier alpha value is -3.84. The quantitative estimate of drug-likeness (QED) is 0.431. The van der Waals surface area contributed by atoms with Gasteiger partial charge in [0.1, 0.15) is 23.4 Å². The first kappa shape index (κ1) is 28.7. The maximum atomic E-state index is 13.5. The second kappa shape index (κ2) is 12.4. The SMILES string of the molecule is CS(=O)(=O)NCCC(=O)N1C[C@@H]2NC(=O)c3cc(cc(OCC4CC4)c3)OCC(=O)NCc3ccc(cc3)O[C@H]2C1. The fourth-order valence-electron chi connectivity index (χ4n) is 4.62. The van der Waals surface area contributed by atoms with Crippen LogP contribution in [0.5, 0.6) is 17.2 Å². The number of hydrogen-bond acceptors (Lipinski definition) is 8. The lowest BCUT2D eigenvalue weighted by molar-refractivity contribution is -0.130. The molecule has 2 aromatic rings. The number of sulfonamides is 1. The Morgan fingerprint density at radius 2 is 1.88 bits per heavy atom. The van der Waals surface area contributed by atoms with Gasteiger partial charge in [-0.15, -0.1) is 0 Å². The van der Waals surface area contributed by atoms with Crippen molar-refractivity contribution in [3.63, 3.8) is 0 Å². The van der Waals surface area contributed by atoms with E-state index in [1.807, 2.05) is 12.1 Å². The minimum atomic E-state index is -3.42. The molecule has 6 rings (SSSR count). The first-order chi connectivity index (χ1) is 19.6. The molecule has 220 valence electrons. The first-order valence-electron chi connectivity index (χ1n) is 13.6. The Kier molecular flexibility index (Phi) is 8.64. The van der Waals surface area contributed by atoms with Crippen molar-refractivity contribution in [1.29, 1.82) is 0 Å². The number of ether oxygens (including phenoxy) is 3. The zero-order chi connectivity index (χ0) is 29.0. The van der Waals surface area contributed by atoms with E-state index in [0.717, 1.165) is 24.7 Å². The number of carbonyl (C=O) groups excluding carboxylic acids is 3. The molecule has 0 unspecified atom stereocenters. The van der Waals surface area contributed by atoms with E-state index in [1.165, 1.54) is 0 Å². The zero-order valence-electron chi connectivity index (χ0n) is 22.8. The number of nitrogens with one attached hydrogen (secondary N) is 3. The second-order valence-electron chi connectivity index (χ2n) is 10.6. The van der Waals surface area contributed by atoms with Crippen molar-refractivity contribution >= 4 is 27.7 Å². The summed E-state index contributed by atoms with van der Waals surface area (Å²) < 4.78 is 43.0. The van der Waals surface area contributed by atoms with Crippen molar-refractivity contribution < 1.29 is 37.0 Å². The highest BCUT2D eigenvalue weighted by Gasteiger charge is 2.38. The van der Waals surface area contributed by atoms with E-state index in [-0.39, 0.29) is 50.0 Å².